The lowest BCUT2D eigenvalue weighted by Gasteiger charge is -2.18. The van der Waals surface area contributed by atoms with Crippen LogP contribution in [0.5, 0.6) is 0 Å². The Bertz CT molecular complexity index is 460. The number of rotatable bonds is 15. The number of aliphatic hydroxyl groups is 2. The summed E-state index contributed by atoms with van der Waals surface area (Å²) in [6, 6.07) is 0. The summed E-state index contributed by atoms with van der Waals surface area (Å²) in [6.07, 6.45) is 13.4. The van der Waals surface area contributed by atoms with Crippen LogP contribution in [0.4, 0.5) is 0 Å². The highest BCUT2D eigenvalue weighted by molar-refractivity contribution is 5.84. The van der Waals surface area contributed by atoms with Gasteiger partial charge in [-0.1, -0.05) is 70.4 Å². The summed E-state index contributed by atoms with van der Waals surface area (Å²) in [7, 11) is 0. The molecule has 0 unspecified atom stereocenters. The van der Waals surface area contributed by atoms with Crippen molar-refractivity contribution in [2.75, 3.05) is 0 Å². The molecule has 0 spiro atoms. The lowest BCUT2D eigenvalue weighted by molar-refractivity contribution is -0.137. The Balaban J connectivity index is 2.34. The van der Waals surface area contributed by atoms with Crippen LogP contribution < -0.4 is 0 Å². The van der Waals surface area contributed by atoms with Crippen molar-refractivity contribution in [2.24, 2.45) is 11.8 Å². The number of hydrogen-bond donors (Lipinski definition) is 3. The Labute approximate surface area is 163 Å². The topological polar surface area (TPSA) is 94.8 Å². The summed E-state index contributed by atoms with van der Waals surface area (Å²) in [4.78, 5) is 22.7. The minimum Gasteiger partial charge on any atom is -0.481 e. The molecule has 27 heavy (non-hydrogen) atoms. The van der Waals surface area contributed by atoms with Gasteiger partial charge in [0.05, 0.1) is 12.2 Å². The van der Waals surface area contributed by atoms with E-state index in [2.05, 4.69) is 6.92 Å². The van der Waals surface area contributed by atoms with Gasteiger partial charge >= 0.3 is 5.97 Å². The molecule has 1 saturated carbocycles. The number of carbonyl (C=O) groups is 2. The quantitative estimate of drug-likeness (QED) is 0.291. The Kier molecular flexibility index (Phi) is 12.3. The molecule has 0 heterocycles. The largest absolute Gasteiger partial charge is 0.481 e. The molecule has 156 valence electrons. The van der Waals surface area contributed by atoms with E-state index in [-0.39, 0.29) is 30.5 Å². The number of unbranched alkanes of at least 4 members (excludes halogenated alkanes) is 7. The van der Waals surface area contributed by atoms with E-state index in [4.69, 9.17) is 5.11 Å². The van der Waals surface area contributed by atoms with E-state index in [1.165, 1.54) is 19.3 Å². The van der Waals surface area contributed by atoms with Gasteiger partial charge in [0.1, 0.15) is 5.78 Å². The van der Waals surface area contributed by atoms with Crippen molar-refractivity contribution in [3.05, 3.63) is 12.2 Å². The first-order valence-corrected chi connectivity index (χ1v) is 10.7. The molecule has 1 aliphatic carbocycles. The number of ketones is 1. The lowest BCUT2D eigenvalue weighted by Crippen LogP contribution is -2.19. The SMILES string of the molecule is CCCCCCC[C@H](O)C=C[C@@H]1[C@H](O)CC(=O)[C@@H]1CCCCCCC(=O)O. The van der Waals surface area contributed by atoms with Gasteiger partial charge < -0.3 is 15.3 Å². The molecule has 0 amide bonds. The molecule has 0 bridgehead atoms. The fourth-order valence-corrected chi connectivity index (χ4v) is 3.90. The number of carboxylic acid groups (broad SMARTS) is 1. The zero-order chi connectivity index (χ0) is 20.1. The molecule has 0 aromatic carbocycles. The highest BCUT2D eigenvalue weighted by atomic mass is 16.4. The summed E-state index contributed by atoms with van der Waals surface area (Å²) in [5, 5.41) is 29.0. The maximum absolute atomic E-state index is 12.2. The third-order valence-electron chi connectivity index (χ3n) is 5.55. The number of carboxylic acids is 1. The molecular formula is C22H38O5. The first kappa shape index (κ1) is 23.8. The molecule has 0 aromatic heterocycles. The van der Waals surface area contributed by atoms with Crippen LogP contribution in [0.25, 0.3) is 0 Å². The van der Waals surface area contributed by atoms with Crippen LogP contribution in [-0.2, 0) is 9.59 Å². The van der Waals surface area contributed by atoms with E-state index in [1.54, 1.807) is 6.08 Å². The van der Waals surface area contributed by atoms with Gasteiger partial charge in [0.2, 0.25) is 0 Å². The maximum Gasteiger partial charge on any atom is 0.303 e. The summed E-state index contributed by atoms with van der Waals surface area (Å²) in [5.74, 6) is -1.03. The Morgan fingerprint density at radius 3 is 2.48 bits per heavy atom. The van der Waals surface area contributed by atoms with Crippen LogP contribution in [-0.4, -0.2) is 39.3 Å². The molecular weight excluding hydrogens is 344 g/mol. The number of Topliss-reactive ketones (excluding diaryl/α,β-unsaturated/α-hetero) is 1. The summed E-state index contributed by atoms with van der Waals surface area (Å²) < 4.78 is 0. The zero-order valence-electron chi connectivity index (χ0n) is 16.8. The first-order valence-electron chi connectivity index (χ1n) is 10.7. The van der Waals surface area contributed by atoms with E-state index < -0.39 is 18.2 Å². The predicted octanol–water partition coefficient (Wildman–Crippen LogP) is 4.26. The zero-order valence-corrected chi connectivity index (χ0v) is 16.8. The Morgan fingerprint density at radius 2 is 1.78 bits per heavy atom. The van der Waals surface area contributed by atoms with E-state index in [0.29, 0.717) is 6.42 Å². The Hall–Kier alpha value is -1.20. The fraction of sp³-hybridized carbons (Fsp3) is 0.818. The molecule has 1 fully saturated rings. The molecule has 4 atom stereocenters. The summed E-state index contributed by atoms with van der Waals surface area (Å²) in [6.45, 7) is 2.18. The van der Waals surface area contributed by atoms with Gasteiger partial charge in [-0.15, -0.1) is 0 Å². The van der Waals surface area contributed by atoms with Crippen molar-refractivity contribution < 1.29 is 24.9 Å². The molecule has 1 rings (SSSR count). The molecule has 0 radical (unpaired) electrons. The van der Waals surface area contributed by atoms with Crippen LogP contribution >= 0.6 is 0 Å². The van der Waals surface area contributed by atoms with Gasteiger partial charge in [-0.25, -0.2) is 0 Å². The standard InChI is InChI=1S/C22H38O5/c1-2-3-4-5-8-11-17(23)14-15-19-18(20(24)16-21(19)25)12-9-6-7-10-13-22(26)27/h14-15,17-19,21,23,25H,2-13,16H2,1H3,(H,26,27)/t17-,18+,19-,21+/m0/s1. The van der Waals surface area contributed by atoms with Gasteiger partial charge in [-0.05, 0) is 19.3 Å². The second-order valence-corrected chi connectivity index (χ2v) is 7.92. The highest BCUT2D eigenvalue weighted by Crippen LogP contribution is 2.34. The van der Waals surface area contributed by atoms with Crippen molar-refractivity contribution in [3.63, 3.8) is 0 Å². The van der Waals surface area contributed by atoms with Crippen LogP contribution in [0.1, 0.15) is 90.4 Å². The molecule has 3 N–H and O–H groups in total. The van der Waals surface area contributed by atoms with Crippen LogP contribution in [0.2, 0.25) is 0 Å². The first-order chi connectivity index (χ1) is 13.0. The van der Waals surface area contributed by atoms with Gasteiger partial charge in [-0.2, -0.15) is 0 Å². The molecule has 0 aliphatic heterocycles. The van der Waals surface area contributed by atoms with Crippen molar-refractivity contribution >= 4 is 11.8 Å². The second-order valence-electron chi connectivity index (χ2n) is 7.92. The van der Waals surface area contributed by atoms with E-state index in [0.717, 1.165) is 44.9 Å². The van der Waals surface area contributed by atoms with Gasteiger partial charge in [0, 0.05) is 24.7 Å². The molecule has 0 saturated heterocycles. The number of aliphatic hydroxyl groups excluding tert-OH is 2. The average Bonchev–Trinajstić information content (AvgIpc) is 2.88. The van der Waals surface area contributed by atoms with E-state index in [9.17, 15) is 19.8 Å². The third kappa shape index (κ3) is 10.1. The van der Waals surface area contributed by atoms with E-state index in [1.807, 2.05) is 6.08 Å². The average molecular weight is 383 g/mol. The highest BCUT2D eigenvalue weighted by Gasteiger charge is 2.39. The fourth-order valence-electron chi connectivity index (χ4n) is 3.90. The number of aliphatic carboxylic acids is 1. The van der Waals surface area contributed by atoms with Crippen LogP contribution in [0, 0.1) is 11.8 Å². The summed E-state index contributed by atoms with van der Waals surface area (Å²) >= 11 is 0. The minimum absolute atomic E-state index is 0.108. The number of carbonyl (C=O) groups excluding carboxylic acids is 1. The van der Waals surface area contributed by atoms with Gasteiger partial charge in [-0.3, -0.25) is 9.59 Å². The monoisotopic (exact) mass is 382 g/mol. The molecule has 5 nitrogen and oxygen atoms in total. The Morgan fingerprint density at radius 1 is 1.11 bits per heavy atom. The van der Waals surface area contributed by atoms with E-state index >= 15 is 0 Å². The van der Waals surface area contributed by atoms with Gasteiger partial charge in [0.25, 0.3) is 0 Å². The van der Waals surface area contributed by atoms with Crippen LogP contribution in [0.15, 0.2) is 12.2 Å². The lowest BCUT2D eigenvalue weighted by atomic mass is 9.88. The molecule has 5 heteroatoms. The molecule has 0 aromatic rings. The summed E-state index contributed by atoms with van der Waals surface area (Å²) in [5.41, 5.74) is 0. The number of hydrogen-bond acceptors (Lipinski definition) is 4. The second kappa shape index (κ2) is 13.9. The van der Waals surface area contributed by atoms with Crippen molar-refractivity contribution in [1.82, 2.24) is 0 Å². The minimum atomic E-state index is -0.766. The van der Waals surface area contributed by atoms with Crippen molar-refractivity contribution in [1.29, 1.82) is 0 Å². The van der Waals surface area contributed by atoms with Gasteiger partial charge in [0.15, 0.2) is 0 Å². The van der Waals surface area contributed by atoms with Crippen LogP contribution in [0.3, 0.4) is 0 Å². The third-order valence-corrected chi connectivity index (χ3v) is 5.55. The maximum atomic E-state index is 12.2. The molecule has 1 aliphatic rings. The smallest absolute Gasteiger partial charge is 0.303 e. The normalized spacial score (nSPS) is 24.0. The predicted molar refractivity (Wildman–Crippen MR) is 106 cm³/mol. The van der Waals surface area contributed by atoms with Crippen molar-refractivity contribution in [3.8, 4) is 0 Å². The van der Waals surface area contributed by atoms with Crippen molar-refractivity contribution in [2.45, 2.75) is 103 Å².